The minimum Gasteiger partial charge on any atom is -0.257 e. The molecule has 0 bridgehead atoms. The molecule has 0 spiro atoms. The van der Waals surface area contributed by atoms with Crippen LogP contribution in [0.3, 0.4) is 0 Å². The molecule has 1 aliphatic rings. The van der Waals surface area contributed by atoms with Crippen LogP contribution in [0.25, 0.3) is 11.6 Å². The zero-order valence-electron chi connectivity index (χ0n) is 19.6. The van der Waals surface area contributed by atoms with Crippen LogP contribution < -0.4 is 0 Å². The summed E-state index contributed by atoms with van der Waals surface area (Å²) in [5, 5.41) is 0. The van der Waals surface area contributed by atoms with Crippen LogP contribution >= 0.6 is 0 Å². The number of rotatable bonds is 3. The van der Waals surface area contributed by atoms with Crippen molar-refractivity contribution in [3.8, 4) is 0 Å². The second-order valence-corrected chi connectivity index (χ2v) is 7.55. The monoisotopic (exact) mass is 419 g/mol. The molecule has 1 aromatic heterocycles. The molecule has 32 heavy (non-hydrogen) atoms. The average molecular weight is 420 g/mol. The standard InChI is InChI=1S/C26H19N.C3H8.C2H6/c1-3-12-21(13-4-1)26(22-14-5-2-6-15-22)23-16-8-7-11-20(23)19-24(26)25-17-9-10-18-27-25;1-3-2;1-2/h1-19H;3H2,1-2H3;1-2H3. The molecular formula is C31H33N. The molecule has 1 aliphatic carbocycles. The molecule has 162 valence electrons. The number of pyridine rings is 1. The van der Waals surface area contributed by atoms with E-state index in [9.17, 15) is 0 Å². The highest BCUT2D eigenvalue weighted by Gasteiger charge is 2.45. The molecule has 0 N–H and O–H groups in total. The van der Waals surface area contributed by atoms with E-state index in [1.807, 2.05) is 26.1 Å². The van der Waals surface area contributed by atoms with Crippen LogP contribution in [0.15, 0.2) is 109 Å². The second kappa shape index (κ2) is 11.2. The fourth-order valence-corrected chi connectivity index (χ4v) is 4.33. The Morgan fingerprint density at radius 1 is 0.625 bits per heavy atom. The molecule has 0 radical (unpaired) electrons. The van der Waals surface area contributed by atoms with Gasteiger partial charge in [0.25, 0.3) is 0 Å². The van der Waals surface area contributed by atoms with Crippen LogP contribution in [0.1, 0.15) is 62.1 Å². The van der Waals surface area contributed by atoms with Crippen molar-refractivity contribution in [3.05, 3.63) is 137 Å². The summed E-state index contributed by atoms with van der Waals surface area (Å²) in [6, 6.07) is 36.4. The maximum Gasteiger partial charge on any atom is 0.0728 e. The van der Waals surface area contributed by atoms with E-state index >= 15 is 0 Å². The lowest BCUT2D eigenvalue weighted by molar-refractivity contribution is 0.809. The maximum atomic E-state index is 4.72. The van der Waals surface area contributed by atoms with Gasteiger partial charge in [-0.2, -0.15) is 0 Å². The topological polar surface area (TPSA) is 12.9 Å². The van der Waals surface area contributed by atoms with Gasteiger partial charge in [-0.15, -0.1) is 0 Å². The van der Waals surface area contributed by atoms with Crippen molar-refractivity contribution in [2.45, 2.75) is 39.5 Å². The summed E-state index contributed by atoms with van der Waals surface area (Å²) >= 11 is 0. The molecule has 1 heteroatoms. The highest BCUT2D eigenvalue weighted by Crippen LogP contribution is 2.54. The van der Waals surface area contributed by atoms with Crippen LogP contribution in [0.5, 0.6) is 0 Å². The molecule has 0 aliphatic heterocycles. The van der Waals surface area contributed by atoms with E-state index in [-0.39, 0.29) is 5.41 Å². The van der Waals surface area contributed by atoms with Gasteiger partial charge >= 0.3 is 0 Å². The number of nitrogens with zero attached hydrogens (tertiary/aromatic N) is 1. The highest BCUT2D eigenvalue weighted by molar-refractivity contribution is 5.98. The smallest absolute Gasteiger partial charge is 0.0728 e. The first-order valence-electron chi connectivity index (χ1n) is 11.7. The van der Waals surface area contributed by atoms with E-state index in [0.717, 1.165) is 5.69 Å². The summed E-state index contributed by atoms with van der Waals surface area (Å²) in [4.78, 5) is 4.72. The predicted molar refractivity (Wildman–Crippen MR) is 139 cm³/mol. The molecule has 0 saturated heterocycles. The van der Waals surface area contributed by atoms with Gasteiger partial charge in [0, 0.05) is 6.20 Å². The first kappa shape index (κ1) is 23.2. The molecule has 0 fully saturated rings. The summed E-state index contributed by atoms with van der Waals surface area (Å²) in [6.07, 6.45) is 5.43. The van der Waals surface area contributed by atoms with Gasteiger partial charge in [-0.25, -0.2) is 0 Å². The Bertz CT molecular complexity index is 1070. The van der Waals surface area contributed by atoms with Gasteiger partial charge in [0.1, 0.15) is 0 Å². The third-order valence-electron chi connectivity index (χ3n) is 5.42. The van der Waals surface area contributed by atoms with Crippen molar-refractivity contribution in [1.29, 1.82) is 0 Å². The van der Waals surface area contributed by atoms with Crippen molar-refractivity contribution < 1.29 is 0 Å². The fourth-order valence-electron chi connectivity index (χ4n) is 4.33. The van der Waals surface area contributed by atoms with E-state index in [1.165, 1.54) is 34.2 Å². The summed E-state index contributed by atoms with van der Waals surface area (Å²) in [7, 11) is 0. The Hall–Kier alpha value is -3.45. The summed E-state index contributed by atoms with van der Waals surface area (Å²) in [6.45, 7) is 8.25. The summed E-state index contributed by atoms with van der Waals surface area (Å²) in [5.74, 6) is 0. The Labute approximate surface area is 193 Å². The highest BCUT2D eigenvalue weighted by atomic mass is 14.7. The average Bonchev–Trinajstić information content (AvgIpc) is 3.23. The van der Waals surface area contributed by atoms with Crippen molar-refractivity contribution >= 4 is 11.6 Å². The van der Waals surface area contributed by atoms with Gasteiger partial charge in [0.05, 0.1) is 11.1 Å². The Balaban J connectivity index is 0.000000536. The number of hydrogen-bond donors (Lipinski definition) is 0. The molecular weight excluding hydrogens is 386 g/mol. The molecule has 0 amide bonds. The minimum absolute atomic E-state index is 0.368. The van der Waals surface area contributed by atoms with Gasteiger partial charge in [-0.3, -0.25) is 4.98 Å². The first-order chi connectivity index (χ1) is 15.8. The van der Waals surface area contributed by atoms with Crippen LogP contribution in [-0.4, -0.2) is 4.98 Å². The summed E-state index contributed by atoms with van der Waals surface area (Å²) < 4.78 is 0. The number of fused-ring (bicyclic) bond motifs is 1. The van der Waals surface area contributed by atoms with Gasteiger partial charge in [-0.05, 0) is 46.0 Å². The fraction of sp³-hybridized carbons (Fsp3) is 0.194. The lowest BCUT2D eigenvalue weighted by Gasteiger charge is -2.35. The molecule has 5 rings (SSSR count). The van der Waals surface area contributed by atoms with Crippen molar-refractivity contribution in [2.24, 2.45) is 0 Å². The van der Waals surface area contributed by atoms with Crippen LogP contribution in [0.4, 0.5) is 0 Å². The molecule has 1 nitrogen and oxygen atoms in total. The third-order valence-corrected chi connectivity index (χ3v) is 5.42. The molecule has 1 heterocycles. The van der Waals surface area contributed by atoms with Crippen LogP contribution in [0.2, 0.25) is 0 Å². The Morgan fingerprint density at radius 3 is 1.66 bits per heavy atom. The van der Waals surface area contributed by atoms with Gasteiger partial charge in [0.15, 0.2) is 0 Å². The minimum atomic E-state index is -0.368. The first-order valence-corrected chi connectivity index (χ1v) is 11.7. The largest absolute Gasteiger partial charge is 0.257 e. The predicted octanol–water partition coefficient (Wildman–Crippen LogP) is 8.41. The van der Waals surface area contributed by atoms with E-state index in [4.69, 9.17) is 4.98 Å². The van der Waals surface area contributed by atoms with Crippen molar-refractivity contribution in [3.63, 3.8) is 0 Å². The van der Waals surface area contributed by atoms with Gasteiger partial charge in [0.2, 0.25) is 0 Å². The van der Waals surface area contributed by atoms with Gasteiger partial charge < -0.3 is 0 Å². The summed E-state index contributed by atoms with van der Waals surface area (Å²) in [5.41, 5.74) is 6.96. The van der Waals surface area contributed by atoms with E-state index in [0.29, 0.717) is 0 Å². The molecule has 3 aromatic carbocycles. The molecule has 0 saturated carbocycles. The quantitative estimate of drug-likeness (QED) is 0.325. The second-order valence-electron chi connectivity index (χ2n) is 7.55. The van der Waals surface area contributed by atoms with Crippen LogP contribution in [-0.2, 0) is 5.41 Å². The Kier molecular flexibility index (Phi) is 8.16. The zero-order chi connectivity index (χ0) is 22.8. The van der Waals surface area contributed by atoms with E-state index in [2.05, 4.69) is 117 Å². The number of allylic oxidation sites excluding steroid dienone is 1. The Morgan fingerprint density at radius 2 is 1.12 bits per heavy atom. The normalized spacial score (nSPS) is 12.9. The number of aromatic nitrogens is 1. The SMILES string of the molecule is C1=C(c2ccccn2)C(c2ccccc2)(c2ccccc2)c2ccccc21.CC.CCC. The molecule has 0 atom stereocenters. The third kappa shape index (κ3) is 4.29. The number of hydrogen-bond acceptors (Lipinski definition) is 1. The molecule has 0 unspecified atom stereocenters. The zero-order valence-corrected chi connectivity index (χ0v) is 19.6. The van der Waals surface area contributed by atoms with Gasteiger partial charge in [-0.1, -0.05) is 125 Å². The van der Waals surface area contributed by atoms with E-state index in [1.54, 1.807) is 0 Å². The number of benzene rings is 3. The van der Waals surface area contributed by atoms with Crippen LogP contribution in [0, 0.1) is 0 Å². The van der Waals surface area contributed by atoms with Crippen molar-refractivity contribution in [2.75, 3.05) is 0 Å². The molecule has 4 aromatic rings. The maximum absolute atomic E-state index is 4.72. The van der Waals surface area contributed by atoms with E-state index < -0.39 is 0 Å². The lowest BCUT2D eigenvalue weighted by atomic mass is 9.66. The lowest BCUT2D eigenvalue weighted by Crippen LogP contribution is -2.29. The van der Waals surface area contributed by atoms with Crippen molar-refractivity contribution in [1.82, 2.24) is 4.98 Å².